The van der Waals surface area contributed by atoms with Gasteiger partial charge in [-0.1, -0.05) is 60.7 Å². The molecule has 0 radical (unpaired) electrons. The molecule has 1 saturated heterocycles. The topological polar surface area (TPSA) is 61.8 Å². The van der Waals surface area contributed by atoms with Crippen LogP contribution in [0.2, 0.25) is 0 Å². The number of hydrogen-bond acceptors (Lipinski definition) is 3. The van der Waals surface area contributed by atoms with Crippen LogP contribution in [0.15, 0.2) is 90.0 Å². The molecule has 32 heavy (non-hydrogen) atoms. The molecule has 162 valence electrons. The number of carbonyl (C=O) groups is 2. The molecular formula is C26H24FN3O2. The van der Waals surface area contributed by atoms with Gasteiger partial charge in [0.1, 0.15) is 5.82 Å². The molecular weight excluding hydrogens is 405 g/mol. The van der Waals surface area contributed by atoms with E-state index < -0.39 is 0 Å². The highest BCUT2D eigenvalue weighted by Gasteiger charge is 2.28. The molecule has 0 spiro atoms. The first-order chi connectivity index (χ1) is 15.6. The van der Waals surface area contributed by atoms with Gasteiger partial charge in [0.05, 0.1) is 5.71 Å². The molecule has 3 aromatic carbocycles. The zero-order valence-corrected chi connectivity index (χ0v) is 17.6. The number of nitrogens with zero attached hydrogens (tertiary/aromatic N) is 2. The molecule has 0 bridgehead atoms. The van der Waals surface area contributed by atoms with Crippen molar-refractivity contribution >= 4 is 17.5 Å². The first-order valence-electron chi connectivity index (χ1n) is 10.6. The Balaban J connectivity index is 1.40. The average molecular weight is 429 g/mol. The van der Waals surface area contributed by atoms with Crippen LogP contribution in [0.25, 0.3) is 0 Å². The summed E-state index contributed by atoms with van der Waals surface area (Å²) in [5, 5.41) is 4.45. The monoisotopic (exact) mass is 429 g/mol. The average Bonchev–Trinajstić information content (AvgIpc) is 2.85. The van der Waals surface area contributed by atoms with Crippen molar-refractivity contribution in [2.45, 2.75) is 12.8 Å². The first-order valence-corrected chi connectivity index (χ1v) is 10.6. The van der Waals surface area contributed by atoms with Gasteiger partial charge in [0.2, 0.25) is 5.91 Å². The Morgan fingerprint density at radius 3 is 1.84 bits per heavy atom. The summed E-state index contributed by atoms with van der Waals surface area (Å²) in [6, 6.07) is 25.0. The van der Waals surface area contributed by atoms with E-state index in [1.807, 2.05) is 60.7 Å². The van der Waals surface area contributed by atoms with E-state index in [2.05, 4.69) is 10.5 Å². The van der Waals surface area contributed by atoms with Crippen molar-refractivity contribution in [3.8, 4) is 0 Å². The van der Waals surface area contributed by atoms with Gasteiger partial charge in [-0.3, -0.25) is 9.59 Å². The highest BCUT2D eigenvalue weighted by Crippen LogP contribution is 2.20. The molecule has 6 heteroatoms. The van der Waals surface area contributed by atoms with E-state index in [4.69, 9.17) is 0 Å². The van der Waals surface area contributed by atoms with Crippen LogP contribution in [0.5, 0.6) is 0 Å². The number of hydrogen-bond donors (Lipinski definition) is 1. The second-order valence-electron chi connectivity index (χ2n) is 7.74. The number of amides is 2. The van der Waals surface area contributed by atoms with E-state index in [0.29, 0.717) is 37.2 Å². The van der Waals surface area contributed by atoms with Gasteiger partial charge in [-0.2, -0.15) is 5.10 Å². The predicted octanol–water partition coefficient (Wildman–Crippen LogP) is 4.25. The summed E-state index contributed by atoms with van der Waals surface area (Å²) in [5.41, 5.74) is 5.72. The van der Waals surface area contributed by atoms with Crippen LogP contribution in [0, 0.1) is 11.7 Å². The zero-order chi connectivity index (χ0) is 22.3. The number of halogens is 1. The van der Waals surface area contributed by atoms with Gasteiger partial charge in [-0.15, -0.1) is 0 Å². The van der Waals surface area contributed by atoms with E-state index in [-0.39, 0.29) is 23.5 Å². The largest absolute Gasteiger partial charge is 0.339 e. The highest BCUT2D eigenvalue weighted by atomic mass is 19.1. The van der Waals surface area contributed by atoms with Gasteiger partial charge in [-0.25, -0.2) is 9.82 Å². The Morgan fingerprint density at radius 2 is 1.31 bits per heavy atom. The Labute approximate surface area is 186 Å². The van der Waals surface area contributed by atoms with Crippen LogP contribution in [0.3, 0.4) is 0 Å². The van der Waals surface area contributed by atoms with Gasteiger partial charge in [0, 0.05) is 35.7 Å². The Bertz CT molecular complexity index is 1050. The van der Waals surface area contributed by atoms with E-state index in [9.17, 15) is 14.0 Å². The third-order valence-corrected chi connectivity index (χ3v) is 5.62. The number of carbonyl (C=O) groups excluding carboxylic acids is 2. The fourth-order valence-electron chi connectivity index (χ4n) is 3.81. The lowest BCUT2D eigenvalue weighted by atomic mass is 9.95. The Kier molecular flexibility index (Phi) is 6.70. The Hall–Kier alpha value is -3.80. The fourth-order valence-corrected chi connectivity index (χ4v) is 3.81. The number of hydrazone groups is 1. The molecule has 2 amide bonds. The molecule has 0 atom stereocenters. The van der Waals surface area contributed by atoms with Gasteiger partial charge in [0.25, 0.3) is 5.91 Å². The standard InChI is InChI=1S/C26H24FN3O2/c27-23-13-11-22(12-14-23)26(32)30-17-15-21(16-18-30)25(31)29-28-24(19-7-3-1-4-8-19)20-9-5-2-6-10-20/h1-14,21H,15-18H2,(H,29,31). The number of likely N-dealkylation sites (tertiary alicyclic amines) is 1. The third-order valence-electron chi connectivity index (χ3n) is 5.62. The van der Waals surface area contributed by atoms with Crippen LogP contribution in [-0.2, 0) is 4.79 Å². The molecule has 1 N–H and O–H groups in total. The van der Waals surface area contributed by atoms with E-state index in [1.165, 1.54) is 24.3 Å². The van der Waals surface area contributed by atoms with Gasteiger partial charge < -0.3 is 4.90 Å². The summed E-state index contributed by atoms with van der Waals surface area (Å²) in [7, 11) is 0. The smallest absolute Gasteiger partial charge is 0.253 e. The molecule has 5 nitrogen and oxygen atoms in total. The van der Waals surface area contributed by atoms with Crippen molar-refractivity contribution < 1.29 is 14.0 Å². The van der Waals surface area contributed by atoms with Crippen molar-refractivity contribution in [2.24, 2.45) is 11.0 Å². The third kappa shape index (κ3) is 5.09. The molecule has 0 aliphatic carbocycles. The molecule has 4 rings (SSSR count). The maximum Gasteiger partial charge on any atom is 0.253 e. The molecule has 1 heterocycles. The van der Waals surface area contributed by atoms with Crippen molar-refractivity contribution in [1.29, 1.82) is 0 Å². The second-order valence-corrected chi connectivity index (χ2v) is 7.74. The fraction of sp³-hybridized carbons (Fsp3) is 0.192. The molecule has 1 aliphatic rings. The van der Waals surface area contributed by atoms with E-state index in [1.54, 1.807) is 4.90 Å². The quantitative estimate of drug-likeness (QED) is 0.487. The lowest BCUT2D eigenvalue weighted by Crippen LogP contribution is -2.42. The van der Waals surface area contributed by atoms with Crippen molar-refractivity contribution in [2.75, 3.05) is 13.1 Å². The number of rotatable bonds is 5. The zero-order valence-electron chi connectivity index (χ0n) is 17.6. The summed E-state index contributed by atoms with van der Waals surface area (Å²) < 4.78 is 13.1. The maximum atomic E-state index is 13.1. The molecule has 1 aliphatic heterocycles. The summed E-state index contributed by atoms with van der Waals surface area (Å²) in [5.74, 6) is -0.882. The second kappa shape index (κ2) is 10.0. The van der Waals surface area contributed by atoms with Crippen LogP contribution in [0.1, 0.15) is 34.3 Å². The predicted molar refractivity (Wildman–Crippen MR) is 122 cm³/mol. The summed E-state index contributed by atoms with van der Waals surface area (Å²) in [6.45, 7) is 0.949. The van der Waals surface area contributed by atoms with Gasteiger partial charge >= 0.3 is 0 Å². The summed E-state index contributed by atoms with van der Waals surface area (Å²) in [6.07, 6.45) is 1.11. The summed E-state index contributed by atoms with van der Waals surface area (Å²) >= 11 is 0. The summed E-state index contributed by atoms with van der Waals surface area (Å²) in [4.78, 5) is 27.1. The van der Waals surface area contributed by atoms with E-state index >= 15 is 0 Å². The van der Waals surface area contributed by atoms with Crippen LogP contribution in [-0.4, -0.2) is 35.5 Å². The lowest BCUT2D eigenvalue weighted by Gasteiger charge is -2.31. The van der Waals surface area contributed by atoms with Crippen LogP contribution >= 0.6 is 0 Å². The normalized spacial score (nSPS) is 14.0. The van der Waals surface area contributed by atoms with Crippen LogP contribution in [0.4, 0.5) is 4.39 Å². The molecule has 0 aromatic heterocycles. The minimum absolute atomic E-state index is 0.141. The number of nitrogens with one attached hydrogen (secondary N) is 1. The minimum atomic E-state index is -0.372. The molecule has 1 fully saturated rings. The first kappa shape index (κ1) is 21.4. The number of benzene rings is 3. The van der Waals surface area contributed by atoms with Crippen molar-refractivity contribution in [1.82, 2.24) is 10.3 Å². The number of piperidine rings is 1. The minimum Gasteiger partial charge on any atom is -0.339 e. The maximum absolute atomic E-state index is 13.1. The van der Waals surface area contributed by atoms with Crippen LogP contribution < -0.4 is 5.43 Å². The molecule has 0 saturated carbocycles. The van der Waals surface area contributed by atoms with Gasteiger partial charge in [0.15, 0.2) is 0 Å². The van der Waals surface area contributed by atoms with Crippen molar-refractivity contribution in [3.05, 3.63) is 107 Å². The lowest BCUT2D eigenvalue weighted by molar-refractivity contribution is -0.126. The molecule has 3 aromatic rings. The molecule has 0 unspecified atom stereocenters. The highest BCUT2D eigenvalue weighted by molar-refractivity contribution is 6.13. The SMILES string of the molecule is O=C(NN=C(c1ccccc1)c1ccccc1)C1CCN(C(=O)c2ccc(F)cc2)CC1. The van der Waals surface area contributed by atoms with Gasteiger partial charge in [-0.05, 0) is 37.1 Å². The van der Waals surface area contributed by atoms with E-state index in [0.717, 1.165) is 11.1 Å². The Morgan fingerprint density at radius 1 is 0.781 bits per heavy atom. The van der Waals surface area contributed by atoms with Crippen molar-refractivity contribution in [3.63, 3.8) is 0 Å².